The van der Waals surface area contributed by atoms with E-state index in [9.17, 15) is 40.5 Å². The van der Waals surface area contributed by atoms with E-state index in [-0.39, 0.29) is 39.5 Å². The highest BCUT2D eigenvalue weighted by Crippen LogP contribution is 2.53. The van der Waals surface area contributed by atoms with E-state index in [2.05, 4.69) is 165 Å². The van der Waals surface area contributed by atoms with Crippen molar-refractivity contribution in [1.29, 1.82) is 0 Å². The van der Waals surface area contributed by atoms with Crippen LogP contribution in [0, 0.1) is 47.4 Å². The van der Waals surface area contributed by atoms with Crippen LogP contribution >= 0.6 is 0 Å². The van der Waals surface area contributed by atoms with Gasteiger partial charge in [0.05, 0.1) is 25.1 Å². The molecule has 0 bridgehead atoms. The Morgan fingerprint density at radius 2 is 0.957 bits per heavy atom. The van der Waals surface area contributed by atoms with Gasteiger partial charge < -0.3 is 9.80 Å². The third-order valence-electron chi connectivity index (χ3n) is 19.7. The molecule has 0 amide bonds. The van der Waals surface area contributed by atoms with Crippen molar-refractivity contribution in [2.24, 2.45) is 0 Å². The fourth-order valence-electron chi connectivity index (χ4n) is 15.2. The Hall–Kier alpha value is -10.9. The number of nitro benzene ring substituents is 4. The Morgan fingerprint density at radius 3 is 1.46 bits per heavy atom. The highest BCUT2D eigenvalue weighted by Gasteiger charge is 2.52. The Kier molecular flexibility index (Phi) is 15.6. The number of likely N-dealkylation sites (N-methyl/N-ethyl adjacent to an activating group) is 2. The van der Waals surface area contributed by atoms with Gasteiger partial charge >= 0.3 is 0 Å². The monoisotopic (exact) mass is 1220 g/mol. The lowest BCUT2D eigenvalue weighted by Crippen LogP contribution is -2.39. The average molecular weight is 1220 g/mol. The van der Waals surface area contributed by atoms with Crippen molar-refractivity contribution in [2.75, 3.05) is 30.9 Å². The Labute approximate surface area is 534 Å². The van der Waals surface area contributed by atoms with Gasteiger partial charge in [0.2, 0.25) is 5.69 Å². The van der Waals surface area contributed by atoms with E-state index >= 15 is 0 Å². The van der Waals surface area contributed by atoms with Crippen LogP contribution in [-0.2, 0) is 47.3 Å². The van der Waals surface area contributed by atoms with Crippen molar-refractivity contribution >= 4 is 67.1 Å². The quantitative estimate of drug-likeness (QED) is 0.0347. The normalized spacial score (nSPS) is 17.9. The zero-order chi connectivity index (χ0) is 65.2. The molecule has 0 aliphatic carbocycles. The SMILES string of the molecule is C=C(/C=C/C=C1/N(C)c2ccc3ccccc3c2C1(C)C)C(Cc1ccc(CC2(Cc3ccc([N+](=O)[O-])cc3)C(/C=C/C=C3/N(C)c4ccc5ccccc5c4C3(C)C)=[N+](C)c3ccc([N+](=O)[O-])cc32)cc1)(Cc1ccc([N+](=O)[O-])cc1)c1cc([N+](=O)[O-])ccc1C. The molecule has 9 aromatic rings. The van der Waals surface area contributed by atoms with Gasteiger partial charge in [-0.25, -0.2) is 0 Å². The minimum atomic E-state index is -1.08. The molecule has 15 nitrogen and oxygen atoms in total. The van der Waals surface area contributed by atoms with Crippen molar-refractivity contribution in [1.82, 2.24) is 0 Å². The molecule has 460 valence electrons. The molecule has 3 aliphatic rings. The van der Waals surface area contributed by atoms with Crippen LogP contribution in [0.2, 0.25) is 0 Å². The minimum Gasteiger partial charge on any atom is -0.347 e. The molecule has 0 fully saturated rings. The lowest BCUT2D eigenvalue weighted by Gasteiger charge is -2.37. The van der Waals surface area contributed by atoms with Crippen LogP contribution in [0.5, 0.6) is 0 Å². The van der Waals surface area contributed by atoms with Gasteiger partial charge in [0.25, 0.3) is 22.7 Å². The Bertz CT molecular complexity index is 4730. The highest BCUT2D eigenvalue weighted by molar-refractivity contribution is 6.05. The van der Waals surface area contributed by atoms with Crippen LogP contribution < -0.4 is 9.80 Å². The molecule has 3 heterocycles. The standard InChI is InChI=1S/C77H70N7O8/c1-50-24-35-60(83(89)90)44-64(50)76(47-54-29-36-58(37-30-54)81(85)86,51(2)16-14-21-69-74(3,4)72-62-19-12-10-17-56(62)33-41-67(72)79(69)8)46-52-25-27-53(28-26-52)48-77(49-55-31-38-59(39-32-55)82(87)88)65-45-61(84(91)92)40-43-66(65)78(7)71(77)23-15-22-70-75(5,6)73-63-20-13-11-18-57(63)34-42-68(73)80(70)9/h10-45H,2,46-49H2,1,3-9H3/q+1/b16-14+,69-21+. The second-order valence-electron chi connectivity index (χ2n) is 25.8. The molecule has 0 saturated heterocycles. The van der Waals surface area contributed by atoms with Gasteiger partial charge in [0.1, 0.15) is 7.05 Å². The molecule has 12 rings (SSSR count). The molecule has 0 aromatic heterocycles. The minimum absolute atomic E-state index is 0.0592. The van der Waals surface area contributed by atoms with E-state index in [1.54, 1.807) is 48.5 Å². The largest absolute Gasteiger partial charge is 0.347 e. The molecule has 0 saturated carbocycles. The maximum atomic E-state index is 12.8. The molecule has 92 heavy (non-hydrogen) atoms. The summed E-state index contributed by atoms with van der Waals surface area (Å²) in [6, 6.07) is 56.4. The summed E-state index contributed by atoms with van der Waals surface area (Å²) in [5.74, 6) is 0. The molecule has 0 radical (unpaired) electrons. The summed E-state index contributed by atoms with van der Waals surface area (Å²) in [6.45, 7) is 15.7. The summed E-state index contributed by atoms with van der Waals surface area (Å²) in [7, 11) is 6.12. The Balaban J connectivity index is 0.974. The third-order valence-corrected chi connectivity index (χ3v) is 19.7. The molecule has 15 heteroatoms. The van der Waals surface area contributed by atoms with Crippen molar-refractivity contribution in [3.63, 3.8) is 0 Å². The number of hydrogen-bond acceptors (Lipinski definition) is 10. The molecule has 0 N–H and O–H groups in total. The number of non-ortho nitro benzene ring substituents is 4. The van der Waals surface area contributed by atoms with Crippen LogP contribution in [0.15, 0.2) is 242 Å². The third kappa shape index (κ3) is 10.6. The van der Waals surface area contributed by atoms with Crippen LogP contribution in [-0.4, -0.2) is 51.1 Å². The molecule has 3 aliphatic heterocycles. The van der Waals surface area contributed by atoms with Gasteiger partial charge in [-0.1, -0.05) is 168 Å². The van der Waals surface area contributed by atoms with Crippen LogP contribution in [0.1, 0.15) is 77.8 Å². The highest BCUT2D eigenvalue weighted by atomic mass is 16.6. The fourth-order valence-corrected chi connectivity index (χ4v) is 15.2. The molecule has 0 spiro atoms. The fraction of sp³-hybridized carbons (Fsp3) is 0.208. The number of nitrogens with zero attached hydrogens (tertiary/aromatic N) is 7. The van der Waals surface area contributed by atoms with Gasteiger partial charge in [0.15, 0.2) is 5.71 Å². The molecule has 2 atom stereocenters. The summed E-state index contributed by atoms with van der Waals surface area (Å²) in [4.78, 5) is 52.4. The summed E-state index contributed by atoms with van der Waals surface area (Å²) < 4.78 is 2.09. The predicted molar refractivity (Wildman–Crippen MR) is 367 cm³/mol. The first kappa shape index (κ1) is 61.3. The first-order valence-corrected chi connectivity index (χ1v) is 30.6. The number of rotatable bonds is 18. The van der Waals surface area contributed by atoms with E-state index in [4.69, 9.17) is 6.58 Å². The molecule has 9 aromatic carbocycles. The number of nitro groups is 4. The molecule has 2 unspecified atom stereocenters. The van der Waals surface area contributed by atoms with E-state index in [0.717, 1.165) is 78.3 Å². The summed E-state index contributed by atoms with van der Waals surface area (Å²) in [5.41, 5.74) is 11.5. The summed E-state index contributed by atoms with van der Waals surface area (Å²) in [6.07, 6.45) is 13.6. The van der Waals surface area contributed by atoms with Gasteiger partial charge in [0, 0.05) is 119 Å². The van der Waals surface area contributed by atoms with Crippen LogP contribution in [0.4, 0.5) is 39.8 Å². The van der Waals surface area contributed by atoms with Crippen molar-refractivity contribution in [2.45, 2.75) is 82.0 Å². The number of hydrogen-bond donors (Lipinski definition) is 0. The summed E-state index contributed by atoms with van der Waals surface area (Å²) in [5, 5.41) is 54.2. The second kappa shape index (κ2) is 23.5. The maximum Gasteiger partial charge on any atom is 0.270 e. The smallest absolute Gasteiger partial charge is 0.270 e. The van der Waals surface area contributed by atoms with Gasteiger partial charge in [-0.3, -0.25) is 40.5 Å². The predicted octanol–water partition coefficient (Wildman–Crippen LogP) is 17.4. The number of benzene rings is 9. The molecular formula is C77H70N7O8+. The number of aryl methyl sites for hydroxylation is 1. The topological polar surface area (TPSA) is 182 Å². The number of allylic oxidation sites excluding steroid dienone is 9. The van der Waals surface area contributed by atoms with E-state index < -0.39 is 31.0 Å². The average Bonchev–Trinajstić information content (AvgIpc) is 1.54. The van der Waals surface area contributed by atoms with E-state index in [0.29, 0.717) is 30.4 Å². The maximum absolute atomic E-state index is 12.8. The van der Waals surface area contributed by atoms with Gasteiger partial charge in [-0.15, -0.1) is 0 Å². The van der Waals surface area contributed by atoms with Gasteiger partial charge in [-0.05, 0) is 129 Å². The summed E-state index contributed by atoms with van der Waals surface area (Å²) >= 11 is 0. The van der Waals surface area contributed by atoms with Gasteiger partial charge in [-0.2, -0.15) is 4.58 Å². The lowest BCUT2D eigenvalue weighted by atomic mass is 9.65. The van der Waals surface area contributed by atoms with E-state index in [1.165, 1.54) is 58.3 Å². The number of fused-ring (bicyclic) bond motifs is 7. The van der Waals surface area contributed by atoms with Crippen molar-refractivity contribution in [3.05, 3.63) is 333 Å². The first-order valence-electron chi connectivity index (χ1n) is 30.6. The zero-order valence-electron chi connectivity index (χ0n) is 52.7. The van der Waals surface area contributed by atoms with E-state index in [1.807, 2.05) is 38.3 Å². The lowest BCUT2D eigenvalue weighted by molar-refractivity contribution is -0.402. The Morgan fingerprint density at radius 1 is 0.533 bits per heavy atom. The number of anilines is 2. The molecular weight excluding hydrogens is 1150 g/mol. The first-order chi connectivity index (χ1) is 43.9. The van der Waals surface area contributed by atoms with Crippen LogP contribution in [0.25, 0.3) is 21.5 Å². The van der Waals surface area contributed by atoms with Crippen LogP contribution in [0.3, 0.4) is 0 Å². The zero-order valence-corrected chi connectivity index (χ0v) is 52.7. The second-order valence-corrected chi connectivity index (χ2v) is 25.8. The van der Waals surface area contributed by atoms with Crippen molar-refractivity contribution in [3.8, 4) is 0 Å². The van der Waals surface area contributed by atoms with Crippen molar-refractivity contribution < 1.29 is 24.3 Å².